The molecule has 6 heteroatoms. The van der Waals surface area contributed by atoms with Crippen molar-refractivity contribution in [1.82, 2.24) is 5.32 Å². The third-order valence-corrected chi connectivity index (χ3v) is 5.78. The number of hydrogen-bond donors (Lipinski definition) is 3. The minimum atomic E-state index is -0.327. The highest BCUT2D eigenvalue weighted by molar-refractivity contribution is 6.04. The van der Waals surface area contributed by atoms with Gasteiger partial charge in [-0.3, -0.25) is 4.79 Å². The van der Waals surface area contributed by atoms with Gasteiger partial charge in [0.25, 0.3) is 5.91 Å². The number of nitrogens with one attached hydrogen (secondary N) is 3. The summed E-state index contributed by atoms with van der Waals surface area (Å²) in [5, 5.41) is 8.81. The number of piperidine rings is 1. The van der Waals surface area contributed by atoms with Crippen LogP contribution >= 0.6 is 0 Å². The molecular weight excluding hydrogens is 388 g/mol. The van der Waals surface area contributed by atoms with Crippen LogP contribution in [0.15, 0.2) is 42.5 Å². The summed E-state index contributed by atoms with van der Waals surface area (Å²) in [6, 6.07) is 13.1. The van der Waals surface area contributed by atoms with Crippen molar-refractivity contribution in [2.45, 2.75) is 58.9 Å². The molecular formula is C25H34N4O2. The zero-order valence-corrected chi connectivity index (χ0v) is 18.8. The van der Waals surface area contributed by atoms with Gasteiger partial charge in [0.15, 0.2) is 0 Å². The number of anilines is 3. The SMILES string of the molecule is CCc1cccc(NC(=O)Nc2ccc(N3CCCCC3)c(C(=O)N[C@H](C)CC)c2)c1. The molecule has 166 valence electrons. The molecule has 0 spiro atoms. The van der Waals surface area contributed by atoms with E-state index in [0.29, 0.717) is 11.3 Å². The van der Waals surface area contributed by atoms with Gasteiger partial charge in [-0.05, 0) is 74.9 Å². The van der Waals surface area contributed by atoms with Gasteiger partial charge in [-0.2, -0.15) is 0 Å². The van der Waals surface area contributed by atoms with E-state index in [1.54, 1.807) is 6.07 Å². The second kappa shape index (κ2) is 10.8. The van der Waals surface area contributed by atoms with Crippen LogP contribution in [0.5, 0.6) is 0 Å². The molecule has 6 nitrogen and oxygen atoms in total. The maximum Gasteiger partial charge on any atom is 0.323 e. The first-order valence-electron chi connectivity index (χ1n) is 11.4. The molecule has 1 aliphatic rings. The minimum absolute atomic E-state index is 0.0902. The minimum Gasteiger partial charge on any atom is -0.371 e. The summed E-state index contributed by atoms with van der Waals surface area (Å²) in [5.74, 6) is -0.102. The van der Waals surface area contributed by atoms with Gasteiger partial charge in [0.2, 0.25) is 0 Å². The molecule has 2 aromatic carbocycles. The topological polar surface area (TPSA) is 73.5 Å². The fourth-order valence-electron chi connectivity index (χ4n) is 3.77. The van der Waals surface area contributed by atoms with Crippen LogP contribution < -0.4 is 20.9 Å². The monoisotopic (exact) mass is 422 g/mol. The zero-order chi connectivity index (χ0) is 22.2. The molecule has 1 atom stereocenters. The lowest BCUT2D eigenvalue weighted by molar-refractivity contribution is 0.0939. The average molecular weight is 423 g/mol. The lowest BCUT2D eigenvalue weighted by Gasteiger charge is -2.31. The lowest BCUT2D eigenvalue weighted by atomic mass is 10.1. The molecule has 1 saturated heterocycles. The van der Waals surface area contributed by atoms with Gasteiger partial charge in [-0.1, -0.05) is 26.0 Å². The highest BCUT2D eigenvalue weighted by Crippen LogP contribution is 2.27. The van der Waals surface area contributed by atoms with Gasteiger partial charge in [-0.15, -0.1) is 0 Å². The molecule has 0 saturated carbocycles. The molecule has 3 N–H and O–H groups in total. The Morgan fingerprint density at radius 3 is 2.35 bits per heavy atom. The van der Waals surface area contributed by atoms with Gasteiger partial charge in [0.1, 0.15) is 0 Å². The summed E-state index contributed by atoms with van der Waals surface area (Å²) in [6.45, 7) is 8.02. The van der Waals surface area contributed by atoms with E-state index in [9.17, 15) is 9.59 Å². The number of aryl methyl sites for hydroxylation is 1. The van der Waals surface area contributed by atoms with Gasteiger partial charge < -0.3 is 20.9 Å². The van der Waals surface area contributed by atoms with Gasteiger partial charge in [0, 0.05) is 36.2 Å². The molecule has 2 aromatic rings. The number of carbonyl (C=O) groups excluding carboxylic acids is 2. The first-order chi connectivity index (χ1) is 15.0. The quantitative estimate of drug-likeness (QED) is 0.558. The van der Waals surface area contributed by atoms with Crippen molar-refractivity contribution in [1.29, 1.82) is 0 Å². The Kier molecular flexibility index (Phi) is 7.93. The molecule has 0 aromatic heterocycles. The number of rotatable bonds is 7. The normalized spacial score (nSPS) is 14.6. The molecule has 1 heterocycles. The fraction of sp³-hybridized carbons (Fsp3) is 0.440. The van der Waals surface area contributed by atoms with Gasteiger partial charge in [-0.25, -0.2) is 4.79 Å². The van der Waals surface area contributed by atoms with Crippen molar-refractivity contribution >= 4 is 29.0 Å². The van der Waals surface area contributed by atoms with E-state index in [2.05, 4.69) is 27.8 Å². The average Bonchev–Trinajstić information content (AvgIpc) is 2.79. The molecule has 0 bridgehead atoms. The van der Waals surface area contributed by atoms with E-state index in [1.165, 1.54) is 6.42 Å². The van der Waals surface area contributed by atoms with Crippen molar-refractivity contribution in [3.8, 4) is 0 Å². The van der Waals surface area contributed by atoms with E-state index >= 15 is 0 Å². The van der Waals surface area contributed by atoms with Gasteiger partial charge in [0.05, 0.1) is 5.56 Å². The Labute approximate surface area is 185 Å². The van der Waals surface area contributed by atoms with Crippen LogP contribution in [0.3, 0.4) is 0 Å². The van der Waals surface area contributed by atoms with Crippen LogP contribution in [0.4, 0.5) is 21.9 Å². The summed E-state index contributed by atoms with van der Waals surface area (Å²) >= 11 is 0. The Balaban J connectivity index is 1.79. The highest BCUT2D eigenvalue weighted by atomic mass is 16.2. The van der Waals surface area contributed by atoms with E-state index in [0.717, 1.165) is 55.7 Å². The Morgan fingerprint density at radius 2 is 1.68 bits per heavy atom. The summed E-state index contributed by atoms with van der Waals surface area (Å²) in [7, 11) is 0. The van der Waals surface area contributed by atoms with Crippen LogP contribution in [0.1, 0.15) is 62.4 Å². The van der Waals surface area contributed by atoms with Gasteiger partial charge >= 0.3 is 6.03 Å². The van der Waals surface area contributed by atoms with E-state index in [-0.39, 0.29) is 18.0 Å². The van der Waals surface area contributed by atoms with Crippen LogP contribution in [0, 0.1) is 0 Å². The van der Waals surface area contributed by atoms with E-state index < -0.39 is 0 Å². The molecule has 0 radical (unpaired) electrons. The largest absolute Gasteiger partial charge is 0.371 e. The fourth-order valence-corrected chi connectivity index (χ4v) is 3.77. The molecule has 31 heavy (non-hydrogen) atoms. The van der Waals surface area contributed by atoms with Crippen LogP contribution in [-0.4, -0.2) is 31.1 Å². The predicted octanol–water partition coefficient (Wildman–Crippen LogP) is 5.41. The van der Waals surface area contributed by atoms with E-state index in [1.807, 2.05) is 50.2 Å². The maximum absolute atomic E-state index is 13.0. The molecule has 0 unspecified atom stereocenters. The van der Waals surface area contributed by atoms with Crippen molar-refractivity contribution in [3.63, 3.8) is 0 Å². The smallest absolute Gasteiger partial charge is 0.323 e. The second-order valence-electron chi connectivity index (χ2n) is 8.20. The van der Waals surface area contributed by atoms with Crippen molar-refractivity contribution in [2.75, 3.05) is 28.6 Å². The number of hydrogen-bond acceptors (Lipinski definition) is 3. The Bertz CT molecular complexity index is 906. The Morgan fingerprint density at radius 1 is 0.968 bits per heavy atom. The lowest BCUT2D eigenvalue weighted by Crippen LogP contribution is -2.35. The summed E-state index contributed by atoms with van der Waals surface area (Å²) < 4.78 is 0. The number of benzene rings is 2. The standard InChI is InChI=1S/C25H34N4O2/c1-4-18(3)26-24(30)22-17-21(12-13-23(22)29-14-7-6-8-15-29)28-25(31)27-20-11-9-10-19(5-2)16-20/h9-13,16-18H,4-8,14-15H2,1-3H3,(H,26,30)(H2,27,28,31)/t18-/m1/s1. The number of nitrogens with zero attached hydrogens (tertiary/aromatic N) is 1. The van der Waals surface area contributed by atoms with Crippen molar-refractivity contribution in [3.05, 3.63) is 53.6 Å². The Hall–Kier alpha value is -3.02. The molecule has 3 amide bonds. The number of urea groups is 1. The predicted molar refractivity (Wildman–Crippen MR) is 128 cm³/mol. The molecule has 3 rings (SSSR count). The first kappa shape index (κ1) is 22.7. The maximum atomic E-state index is 13.0. The highest BCUT2D eigenvalue weighted by Gasteiger charge is 2.20. The van der Waals surface area contributed by atoms with Crippen LogP contribution in [0.25, 0.3) is 0 Å². The van der Waals surface area contributed by atoms with Crippen LogP contribution in [-0.2, 0) is 6.42 Å². The first-order valence-corrected chi connectivity index (χ1v) is 11.4. The summed E-state index contributed by atoms with van der Waals surface area (Å²) in [6.07, 6.45) is 5.26. The zero-order valence-electron chi connectivity index (χ0n) is 18.8. The molecule has 1 fully saturated rings. The molecule has 1 aliphatic heterocycles. The van der Waals surface area contributed by atoms with Crippen LogP contribution in [0.2, 0.25) is 0 Å². The van der Waals surface area contributed by atoms with E-state index in [4.69, 9.17) is 0 Å². The summed E-state index contributed by atoms with van der Waals surface area (Å²) in [4.78, 5) is 27.8. The third kappa shape index (κ3) is 6.23. The second-order valence-corrected chi connectivity index (χ2v) is 8.20. The number of amides is 3. The van der Waals surface area contributed by atoms with Crippen molar-refractivity contribution < 1.29 is 9.59 Å². The number of carbonyl (C=O) groups is 2. The van der Waals surface area contributed by atoms with Crippen molar-refractivity contribution in [2.24, 2.45) is 0 Å². The summed E-state index contributed by atoms with van der Waals surface area (Å²) in [5.41, 5.74) is 4.04. The molecule has 0 aliphatic carbocycles. The third-order valence-electron chi connectivity index (χ3n) is 5.78.